The number of hydrogen-bond acceptors (Lipinski definition) is 3. The smallest absolute Gasteiger partial charge is 0.309 e. The number of aliphatic carboxylic acids is 1. The van der Waals surface area contributed by atoms with Gasteiger partial charge in [-0.2, -0.15) is 0 Å². The van der Waals surface area contributed by atoms with Gasteiger partial charge in [0.1, 0.15) is 0 Å². The van der Waals surface area contributed by atoms with Crippen LogP contribution >= 0.6 is 0 Å². The molecule has 0 aromatic heterocycles. The standard InChI is InChI=1S/C15H28N2O2/c1-15(2,14(18)19)12-5-4-8-17(11-12)13-6-9-16(3)10-7-13/h12-13H,4-11H2,1-3H3,(H,18,19). The maximum absolute atomic E-state index is 11.4. The zero-order valence-electron chi connectivity index (χ0n) is 12.6. The van der Waals surface area contributed by atoms with Crippen LogP contribution in [0.3, 0.4) is 0 Å². The van der Waals surface area contributed by atoms with Gasteiger partial charge in [-0.05, 0) is 72.1 Å². The molecule has 1 N–H and O–H groups in total. The summed E-state index contributed by atoms with van der Waals surface area (Å²) < 4.78 is 0. The van der Waals surface area contributed by atoms with Crippen molar-refractivity contribution in [3.8, 4) is 0 Å². The highest BCUT2D eigenvalue weighted by Crippen LogP contribution is 2.35. The van der Waals surface area contributed by atoms with Gasteiger partial charge in [0.25, 0.3) is 0 Å². The maximum Gasteiger partial charge on any atom is 0.309 e. The van der Waals surface area contributed by atoms with Crippen LogP contribution < -0.4 is 0 Å². The minimum atomic E-state index is -0.650. The van der Waals surface area contributed by atoms with Crippen molar-refractivity contribution in [1.82, 2.24) is 9.80 Å². The lowest BCUT2D eigenvalue weighted by Gasteiger charge is -2.44. The topological polar surface area (TPSA) is 43.8 Å². The molecule has 19 heavy (non-hydrogen) atoms. The molecule has 2 heterocycles. The van der Waals surface area contributed by atoms with E-state index in [1.54, 1.807) is 0 Å². The molecule has 110 valence electrons. The van der Waals surface area contributed by atoms with Gasteiger partial charge >= 0.3 is 5.97 Å². The van der Waals surface area contributed by atoms with Crippen LogP contribution in [0.15, 0.2) is 0 Å². The summed E-state index contributed by atoms with van der Waals surface area (Å²) in [5, 5.41) is 9.40. The summed E-state index contributed by atoms with van der Waals surface area (Å²) in [5.41, 5.74) is -0.593. The van der Waals surface area contributed by atoms with E-state index < -0.39 is 11.4 Å². The minimum absolute atomic E-state index is 0.290. The Morgan fingerprint density at radius 3 is 2.37 bits per heavy atom. The van der Waals surface area contributed by atoms with Crippen molar-refractivity contribution in [2.24, 2.45) is 11.3 Å². The van der Waals surface area contributed by atoms with Gasteiger partial charge in [0.2, 0.25) is 0 Å². The first-order valence-electron chi connectivity index (χ1n) is 7.57. The quantitative estimate of drug-likeness (QED) is 0.849. The second-order valence-corrected chi connectivity index (χ2v) is 6.90. The molecule has 0 aromatic rings. The van der Waals surface area contributed by atoms with Crippen LogP contribution in [-0.2, 0) is 4.79 Å². The Kier molecular flexibility index (Phi) is 4.51. The van der Waals surface area contributed by atoms with Crippen LogP contribution in [0.5, 0.6) is 0 Å². The molecule has 4 nitrogen and oxygen atoms in total. The van der Waals surface area contributed by atoms with E-state index in [1.165, 1.54) is 25.9 Å². The Balaban J connectivity index is 1.95. The molecule has 0 radical (unpaired) electrons. The van der Waals surface area contributed by atoms with E-state index in [0.717, 1.165) is 25.9 Å². The third kappa shape index (κ3) is 3.29. The third-order valence-corrected chi connectivity index (χ3v) is 5.23. The Morgan fingerprint density at radius 2 is 1.79 bits per heavy atom. The lowest BCUT2D eigenvalue weighted by atomic mass is 9.74. The van der Waals surface area contributed by atoms with Crippen LogP contribution in [0, 0.1) is 11.3 Å². The summed E-state index contributed by atoms with van der Waals surface area (Å²) >= 11 is 0. The highest BCUT2D eigenvalue weighted by atomic mass is 16.4. The fraction of sp³-hybridized carbons (Fsp3) is 0.933. The van der Waals surface area contributed by atoms with Crippen molar-refractivity contribution in [3.05, 3.63) is 0 Å². The monoisotopic (exact) mass is 268 g/mol. The van der Waals surface area contributed by atoms with Gasteiger partial charge in [-0.1, -0.05) is 0 Å². The Hall–Kier alpha value is -0.610. The van der Waals surface area contributed by atoms with Crippen molar-refractivity contribution >= 4 is 5.97 Å². The number of nitrogens with zero attached hydrogens (tertiary/aromatic N) is 2. The van der Waals surface area contributed by atoms with Crippen LogP contribution in [0.2, 0.25) is 0 Å². The van der Waals surface area contributed by atoms with Crippen molar-refractivity contribution in [3.63, 3.8) is 0 Å². The molecule has 1 unspecified atom stereocenters. The summed E-state index contributed by atoms with van der Waals surface area (Å²) in [5.74, 6) is -0.360. The van der Waals surface area contributed by atoms with Gasteiger partial charge in [0.15, 0.2) is 0 Å². The molecule has 2 rings (SSSR count). The van der Waals surface area contributed by atoms with E-state index >= 15 is 0 Å². The number of piperidine rings is 2. The molecule has 2 fully saturated rings. The van der Waals surface area contributed by atoms with Gasteiger partial charge < -0.3 is 10.0 Å². The normalized spacial score (nSPS) is 28.5. The first kappa shape index (κ1) is 14.8. The van der Waals surface area contributed by atoms with Gasteiger partial charge in [-0.25, -0.2) is 0 Å². The minimum Gasteiger partial charge on any atom is -0.481 e. The van der Waals surface area contributed by atoms with E-state index in [1.807, 2.05) is 13.8 Å². The van der Waals surface area contributed by atoms with Crippen molar-refractivity contribution in [2.75, 3.05) is 33.2 Å². The van der Waals surface area contributed by atoms with Crippen LogP contribution in [0.4, 0.5) is 0 Å². The predicted molar refractivity (Wildman–Crippen MR) is 76.2 cm³/mol. The summed E-state index contributed by atoms with van der Waals surface area (Å²) in [6.07, 6.45) is 4.67. The molecule has 1 atom stereocenters. The summed E-state index contributed by atoms with van der Waals surface area (Å²) in [6.45, 7) is 8.24. The number of carboxylic acids is 1. The van der Waals surface area contributed by atoms with Gasteiger partial charge in [-0.15, -0.1) is 0 Å². The maximum atomic E-state index is 11.4. The van der Waals surface area contributed by atoms with E-state index in [2.05, 4.69) is 16.8 Å². The zero-order valence-corrected chi connectivity index (χ0v) is 12.6. The average Bonchev–Trinajstić information content (AvgIpc) is 2.39. The van der Waals surface area contributed by atoms with Crippen molar-refractivity contribution in [2.45, 2.75) is 45.6 Å². The summed E-state index contributed by atoms with van der Waals surface area (Å²) in [7, 11) is 2.18. The second-order valence-electron chi connectivity index (χ2n) is 6.90. The van der Waals surface area contributed by atoms with E-state index in [-0.39, 0.29) is 0 Å². The number of carbonyl (C=O) groups is 1. The van der Waals surface area contributed by atoms with Crippen LogP contribution in [0.1, 0.15) is 39.5 Å². The predicted octanol–water partition coefficient (Wildman–Crippen LogP) is 1.90. The van der Waals surface area contributed by atoms with Gasteiger partial charge in [-0.3, -0.25) is 9.69 Å². The van der Waals surface area contributed by atoms with E-state index in [0.29, 0.717) is 12.0 Å². The van der Waals surface area contributed by atoms with Gasteiger partial charge in [0, 0.05) is 12.6 Å². The Labute approximate surface area is 116 Å². The number of hydrogen-bond donors (Lipinski definition) is 1. The van der Waals surface area contributed by atoms with Crippen LogP contribution in [-0.4, -0.2) is 60.1 Å². The molecule has 0 amide bonds. The number of likely N-dealkylation sites (tertiary alicyclic amines) is 2. The molecule has 0 bridgehead atoms. The van der Waals surface area contributed by atoms with E-state index in [9.17, 15) is 9.90 Å². The molecular weight excluding hydrogens is 240 g/mol. The lowest BCUT2D eigenvalue weighted by molar-refractivity contribution is -0.151. The highest BCUT2D eigenvalue weighted by molar-refractivity contribution is 5.74. The molecule has 4 heteroatoms. The fourth-order valence-electron chi connectivity index (χ4n) is 3.46. The first-order valence-corrected chi connectivity index (χ1v) is 7.57. The lowest BCUT2D eigenvalue weighted by Crippen LogP contribution is -2.51. The molecule has 2 saturated heterocycles. The molecule has 0 aromatic carbocycles. The van der Waals surface area contributed by atoms with E-state index in [4.69, 9.17) is 0 Å². The average molecular weight is 268 g/mol. The van der Waals surface area contributed by atoms with Gasteiger partial charge in [0.05, 0.1) is 5.41 Å². The Morgan fingerprint density at radius 1 is 1.16 bits per heavy atom. The largest absolute Gasteiger partial charge is 0.481 e. The molecular formula is C15H28N2O2. The second kappa shape index (κ2) is 5.80. The number of carboxylic acid groups (broad SMARTS) is 1. The molecule has 2 aliphatic heterocycles. The molecule has 0 saturated carbocycles. The number of rotatable bonds is 3. The Bertz CT molecular complexity index is 322. The molecule has 0 spiro atoms. The van der Waals surface area contributed by atoms with Crippen LogP contribution in [0.25, 0.3) is 0 Å². The third-order valence-electron chi connectivity index (χ3n) is 5.23. The fourth-order valence-corrected chi connectivity index (χ4v) is 3.46. The molecule has 0 aliphatic carbocycles. The highest BCUT2D eigenvalue weighted by Gasteiger charge is 2.40. The molecule has 2 aliphatic rings. The first-order chi connectivity index (χ1) is 8.91. The van der Waals surface area contributed by atoms with Crippen molar-refractivity contribution in [1.29, 1.82) is 0 Å². The summed E-state index contributed by atoms with van der Waals surface area (Å²) in [4.78, 5) is 16.4. The zero-order chi connectivity index (χ0) is 14.0. The summed E-state index contributed by atoms with van der Waals surface area (Å²) in [6, 6.07) is 0.670. The van der Waals surface area contributed by atoms with Crippen molar-refractivity contribution < 1.29 is 9.90 Å². The SMILES string of the molecule is CN1CCC(N2CCCC(C(C)(C)C(=O)O)C2)CC1.